The van der Waals surface area contributed by atoms with Crippen LogP contribution >= 0.6 is 0 Å². The second-order valence-electron chi connectivity index (χ2n) is 8.65. The summed E-state index contributed by atoms with van der Waals surface area (Å²) < 4.78 is 0. The Hall–Kier alpha value is -0.0800. The van der Waals surface area contributed by atoms with E-state index in [2.05, 4.69) is 27.7 Å². The van der Waals surface area contributed by atoms with Gasteiger partial charge < -0.3 is 11.5 Å². The fourth-order valence-electron chi connectivity index (χ4n) is 4.31. The summed E-state index contributed by atoms with van der Waals surface area (Å²) in [4.78, 5) is 0. The van der Waals surface area contributed by atoms with E-state index in [9.17, 15) is 0 Å². The first-order valence-electron chi connectivity index (χ1n) is 12.1. The van der Waals surface area contributed by atoms with Crippen molar-refractivity contribution in [2.45, 2.75) is 143 Å². The van der Waals surface area contributed by atoms with Crippen LogP contribution < -0.4 is 11.5 Å². The van der Waals surface area contributed by atoms with Crippen molar-refractivity contribution < 1.29 is 0 Å². The minimum absolute atomic E-state index is 0.429. The van der Waals surface area contributed by atoms with Gasteiger partial charge in [-0.15, -0.1) is 0 Å². The highest BCUT2D eigenvalue weighted by molar-refractivity contribution is 4.73. The fraction of sp³-hybridized carbons (Fsp3) is 1.00. The van der Waals surface area contributed by atoms with Gasteiger partial charge in [-0.2, -0.15) is 0 Å². The molecule has 158 valence electrons. The van der Waals surface area contributed by atoms with Crippen molar-refractivity contribution in [3.8, 4) is 0 Å². The van der Waals surface area contributed by atoms with Crippen LogP contribution in [0.15, 0.2) is 0 Å². The molecule has 0 aromatic carbocycles. The summed E-state index contributed by atoms with van der Waals surface area (Å²) in [5.74, 6) is 1.49. The van der Waals surface area contributed by atoms with Crippen LogP contribution in [0.1, 0.15) is 130 Å². The Morgan fingerprint density at radius 2 is 0.808 bits per heavy atom. The molecule has 0 spiro atoms. The lowest BCUT2D eigenvalue weighted by Crippen LogP contribution is -2.29. The second-order valence-corrected chi connectivity index (χ2v) is 8.65. The lowest BCUT2D eigenvalue weighted by atomic mass is 9.88. The van der Waals surface area contributed by atoms with Gasteiger partial charge in [0, 0.05) is 12.1 Å². The van der Waals surface area contributed by atoms with Gasteiger partial charge in [-0.05, 0) is 37.5 Å². The van der Waals surface area contributed by atoms with Crippen LogP contribution in [0.2, 0.25) is 0 Å². The minimum Gasteiger partial charge on any atom is -0.327 e. The van der Waals surface area contributed by atoms with Gasteiger partial charge in [0.15, 0.2) is 0 Å². The number of hydrogen-bond acceptors (Lipinski definition) is 2. The van der Waals surface area contributed by atoms with E-state index in [1.54, 1.807) is 0 Å². The maximum absolute atomic E-state index is 6.43. The van der Waals surface area contributed by atoms with Crippen LogP contribution in [0.4, 0.5) is 0 Å². The Labute approximate surface area is 166 Å². The normalized spacial score (nSPS) is 16.4. The molecule has 0 saturated heterocycles. The largest absolute Gasteiger partial charge is 0.327 e. The van der Waals surface area contributed by atoms with Crippen molar-refractivity contribution in [2.24, 2.45) is 23.3 Å². The summed E-state index contributed by atoms with van der Waals surface area (Å²) in [7, 11) is 0. The fourth-order valence-corrected chi connectivity index (χ4v) is 4.31. The van der Waals surface area contributed by atoms with Crippen LogP contribution in [-0.2, 0) is 0 Å². The molecule has 0 fully saturated rings. The maximum Gasteiger partial charge on any atom is 0.00670 e. The summed E-state index contributed by atoms with van der Waals surface area (Å²) in [6.07, 6.45) is 21.0. The molecule has 0 radical (unpaired) electrons. The molecule has 2 heteroatoms. The van der Waals surface area contributed by atoms with Crippen LogP contribution in [0.5, 0.6) is 0 Å². The quantitative estimate of drug-likeness (QED) is 0.237. The third kappa shape index (κ3) is 13.1. The SMILES string of the molecule is CCCCC(CC)C(N)CCCCCCCCC(N)C(CC)CCCC. The number of hydrogen-bond donors (Lipinski definition) is 2. The Morgan fingerprint density at radius 3 is 1.12 bits per heavy atom. The molecule has 0 aliphatic carbocycles. The Bertz CT molecular complexity index is 251. The van der Waals surface area contributed by atoms with Crippen molar-refractivity contribution in [3.63, 3.8) is 0 Å². The van der Waals surface area contributed by atoms with Crippen molar-refractivity contribution in [3.05, 3.63) is 0 Å². The molecule has 4 N–H and O–H groups in total. The molecule has 0 aliphatic heterocycles. The molecule has 0 saturated carbocycles. The Morgan fingerprint density at radius 1 is 0.462 bits per heavy atom. The van der Waals surface area contributed by atoms with Gasteiger partial charge in [-0.3, -0.25) is 0 Å². The molecule has 0 heterocycles. The predicted molar refractivity (Wildman–Crippen MR) is 119 cm³/mol. The van der Waals surface area contributed by atoms with Gasteiger partial charge in [-0.1, -0.05) is 105 Å². The van der Waals surface area contributed by atoms with Gasteiger partial charge in [0.1, 0.15) is 0 Å². The molecule has 2 nitrogen and oxygen atoms in total. The van der Waals surface area contributed by atoms with Crippen LogP contribution in [0.25, 0.3) is 0 Å². The van der Waals surface area contributed by atoms with Crippen molar-refractivity contribution in [2.75, 3.05) is 0 Å². The zero-order chi connectivity index (χ0) is 19.6. The third-order valence-corrected chi connectivity index (χ3v) is 6.44. The highest BCUT2D eigenvalue weighted by Gasteiger charge is 2.15. The zero-order valence-electron chi connectivity index (χ0n) is 18.8. The summed E-state index contributed by atoms with van der Waals surface area (Å²) in [5.41, 5.74) is 12.9. The summed E-state index contributed by atoms with van der Waals surface area (Å²) in [6, 6.07) is 0.859. The first-order chi connectivity index (χ1) is 12.6. The number of unbranched alkanes of at least 4 members (excludes halogenated alkanes) is 7. The van der Waals surface area contributed by atoms with Crippen molar-refractivity contribution >= 4 is 0 Å². The molecular weight excluding hydrogens is 316 g/mol. The summed E-state index contributed by atoms with van der Waals surface area (Å²) in [6.45, 7) is 9.16. The van der Waals surface area contributed by atoms with Crippen molar-refractivity contribution in [1.29, 1.82) is 0 Å². The second kappa shape index (κ2) is 18.3. The molecule has 0 aromatic heterocycles. The van der Waals surface area contributed by atoms with E-state index in [1.165, 1.54) is 103 Å². The lowest BCUT2D eigenvalue weighted by molar-refractivity contribution is 0.342. The Kier molecular flexibility index (Phi) is 18.2. The van der Waals surface area contributed by atoms with E-state index in [1.807, 2.05) is 0 Å². The first kappa shape index (κ1) is 25.9. The summed E-state index contributed by atoms with van der Waals surface area (Å²) >= 11 is 0. The third-order valence-electron chi connectivity index (χ3n) is 6.44. The highest BCUT2D eigenvalue weighted by Crippen LogP contribution is 2.21. The molecule has 0 amide bonds. The van der Waals surface area contributed by atoms with Gasteiger partial charge in [0.25, 0.3) is 0 Å². The first-order valence-corrected chi connectivity index (χ1v) is 12.1. The van der Waals surface area contributed by atoms with E-state index >= 15 is 0 Å². The van der Waals surface area contributed by atoms with E-state index in [-0.39, 0.29) is 0 Å². The minimum atomic E-state index is 0.429. The predicted octanol–water partition coefficient (Wildman–Crippen LogP) is 7.19. The zero-order valence-corrected chi connectivity index (χ0v) is 18.8. The molecule has 4 unspecified atom stereocenters. The van der Waals surface area contributed by atoms with E-state index < -0.39 is 0 Å². The van der Waals surface area contributed by atoms with E-state index in [0.29, 0.717) is 12.1 Å². The van der Waals surface area contributed by atoms with E-state index in [4.69, 9.17) is 11.5 Å². The van der Waals surface area contributed by atoms with Crippen molar-refractivity contribution in [1.82, 2.24) is 0 Å². The molecule has 4 atom stereocenters. The molecule has 0 bridgehead atoms. The lowest BCUT2D eigenvalue weighted by Gasteiger charge is -2.23. The number of nitrogens with two attached hydrogens (primary N) is 2. The topological polar surface area (TPSA) is 52.0 Å². The van der Waals surface area contributed by atoms with Gasteiger partial charge in [0.2, 0.25) is 0 Å². The van der Waals surface area contributed by atoms with Crippen LogP contribution in [0.3, 0.4) is 0 Å². The smallest absolute Gasteiger partial charge is 0.00670 e. The molecule has 26 heavy (non-hydrogen) atoms. The standard InChI is InChI=1S/C24H52N2/c1-5-9-17-21(7-3)23(25)19-15-13-11-12-14-16-20-24(26)22(8-4)18-10-6-2/h21-24H,5-20,25-26H2,1-4H3. The average Bonchev–Trinajstić information content (AvgIpc) is 2.65. The van der Waals surface area contributed by atoms with Gasteiger partial charge in [0.05, 0.1) is 0 Å². The average molecular weight is 369 g/mol. The summed E-state index contributed by atoms with van der Waals surface area (Å²) in [5, 5.41) is 0. The van der Waals surface area contributed by atoms with Gasteiger partial charge in [-0.25, -0.2) is 0 Å². The monoisotopic (exact) mass is 368 g/mol. The van der Waals surface area contributed by atoms with Crippen LogP contribution in [0, 0.1) is 11.8 Å². The number of rotatable bonds is 19. The van der Waals surface area contributed by atoms with Crippen LogP contribution in [-0.4, -0.2) is 12.1 Å². The van der Waals surface area contributed by atoms with E-state index in [0.717, 1.165) is 11.8 Å². The van der Waals surface area contributed by atoms with Gasteiger partial charge >= 0.3 is 0 Å². The Balaban J connectivity index is 3.63. The molecule has 0 aliphatic rings. The molecule has 0 rings (SSSR count). The maximum atomic E-state index is 6.43. The molecular formula is C24H52N2. The molecule has 0 aromatic rings. The highest BCUT2D eigenvalue weighted by atomic mass is 14.6.